The average Bonchev–Trinajstić information content (AvgIpc) is 2.44. The van der Waals surface area contributed by atoms with Crippen molar-refractivity contribution in [3.63, 3.8) is 0 Å². The Labute approximate surface area is 133 Å². The maximum Gasteiger partial charge on any atom is 0.387 e. The number of carboxylic acid groups (broad SMARTS) is 1. The molecule has 128 valence electrons. The molecule has 0 bridgehead atoms. The number of halogens is 2. The van der Waals surface area contributed by atoms with E-state index in [2.05, 4.69) is 10.1 Å². The van der Waals surface area contributed by atoms with Crippen LogP contribution in [-0.4, -0.2) is 29.6 Å². The third kappa shape index (κ3) is 7.58. The van der Waals surface area contributed by atoms with Gasteiger partial charge in [-0.2, -0.15) is 8.78 Å². The molecule has 0 fully saturated rings. The molecule has 1 unspecified atom stereocenters. The first-order valence-corrected chi connectivity index (χ1v) is 7.34. The number of ether oxygens (including phenoxy) is 1. The molecule has 0 aliphatic heterocycles. The summed E-state index contributed by atoms with van der Waals surface area (Å²) in [4.78, 5) is 22.9. The summed E-state index contributed by atoms with van der Waals surface area (Å²) in [6.45, 7) is 0.886. The van der Waals surface area contributed by atoms with Crippen LogP contribution >= 0.6 is 0 Å². The second-order valence-corrected chi connectivity index (χ2v) is 5.61. The highest BCUT2D eigenvalue weighted by molar-refractivity contribution is 5.83. The van der Waals surface area contributed by atoms with Gasteiger partial charge in [-0.1, -0.05) is 26.0 Å². The molecule has 1 amide bonds. The van der Waals surface area contributed by atoms with E-state index in [0.29, 0.717) is 12.8 Å². The summed E-state index contributed by atoms with van der Waals surface area (Å²) in [5.41, 5.74) is 0.775. The van der Waals surface area contributed by atoms with Gasteiger partial charge in [-0.3, -0.25) is 4.79 Å². The van der Waals surface area contributed by atoms with Crippen molar-refractivity contribution in [2.45, 2.75) is 45.8 Å². The van der Waals surface area contributed by atoms with Crippen LogP contribution in [0.25, 0.3) is 0 Å². The lowest BCUT2D eigenvalue weighted by atomic mass is 10.0. The van der Waals surface area contributed by atoms with Gasteiger partial charge in [-0.05, 0) is 36.5 Å². The fourth-order valence-electron chi connectivity index (χ4n) is 2.05. The zero-order chi connectivity index (χ0) is 17.4. The summed E-state index contributed by atoms with van der Waals surface area (Å²) in [5, 5.41) is 11.6. The summed E-state index contributed by atoms with van der Waals surface area (Å²) < 4.78 is 28.3. The minimum absolute atomic E-state index is 0.0519. The Morgan fingerprint density at radius 2 is 1.83 bits per heavy atom. The van der Waals surface area contributed by atoms with Crippen molar-refractivity contribution in [2.24, 2.45) is 5.92 Å². The van der Waals surface area contributed by atoms with Crippen LogP contribution in [0.15, 0.2) is 24.3 Å². The third-order valence-electron chi connectivity index (χ3n) is 3.13. The van der Waals surface area contributed by atoms with Crippen molar-refractivity contribution >= 4 is 11.9 Å². The number of carboxylic acids is 1. The Morgan fingerprint density at radius 1 is 1.22 bits per heavy atom. The van der Waals surface area contributed by atoms with Crippen LogP contribution in [0.2, 0.25) is 0 Å². The number of aliphatic carboxylic acids is 1. The number of hydrogen-bond acceptors (Lipinski definition) is 3. The lowest BCUT2D eigenvalue weighted by Crippen LogP contribution is -2.41. The van der Waals surface area contributed by atoms with E-state index in [-0.39, 0.29) is 24.0 Å². The molecular weight excluding hydrogens is 308 g/mol. The van der Waals surface area contributed by atoms with Crippen molar-refractivity contribution in [1.29, 1.82) is 0 Å². The van der Waals surface area contributed by atoms with E-state index in [0.717, 1.165) is 5.56 Å². The molecule has 0 heterocycles. The van der Waals surface area contributed by atoms with Gasteiger partial charge in [0.2, 0.25) is 5.91 Å². The topological polar surface area (TPSA) is 75.6 Å². The number of hydrogen-bond donors (Lipinski definition) is 2. The van der Waals surface area contributed by atoms with Crippen LogP contribution in [0.4, 0.5) is 8.78 Å². The van der Waals surface area contributed by atoms with Crippen LogP contribution in [0, 0.1) is 5.92 Å². The van der Waals surface area contributed by atoms with E-state index >= 15 is 0 Å². The minimum atomic E-state index is -2.87. The fourth-order valence-corrected chi connectivity index (χ4v) is 2.05. The first kappa shape index (κ1) is 18.9. The smallest absolute Gasteiger partial charge is 0.387 e. The largest absolute Gasteiger partial charge is 0.480 e. The molecule has 2 N–H and O–H groups in total. The van der Waals surface area contributed by atoms with Gasteiger partial charge in [0, 0.05) is 6.42 Å². The molecule has 7 heteroatoms. The SMILES string of the molecule is CC(C)CC(NC(=O)CCc1ccc(OC(F)F)cc1)C(=O)O. The Hall–Kier alpha value is -2.18. The lowest BCUT2D eigenvalue weighted by molar-refractivity contribution is -0.142. The van der Waals surface area contributed by atoms with E-state index in [9.17, 15) is 18.4 Å². The molecule has 0 saturated heterocycles. The van der Waals surface area contributed by atoms with Gasteiger partial charge in [0.25, 0.3) is 0 Å². The second kappa shape index (κ2) is 9.07. The monoisotopic (exact) mass is 329 g/mol. The predicted octanol–water partition coefficient (Wildman–Crippen LogP) is 2.84. The van der Waals surface area contributed by atoms with Crippen molar-refractivity contribution in [1.82, 2.24) is 5.32 Å². The quantitative estimate of drug-likeness (QED) is 0.730. The number of nitrogens with one attached hydrogen (secondary N) is 1. The maximum absolute atomic E-state index is 12.0. The van der Waals surface area contributed by atoms with Crippen molar-refractivity contribution in [2.75, 3.05) is 0 Å². The van der Waals surface area contributed by atoms with Gasteiger partial charge in [0.15, 0.2) is 0 Å². The van der Waals surface area contributed by atoms with Crippen molar-refractivity contribution in [3.8, 4) is 5.75 Å². The van der Waals surface area contributed by atoms with Crippen LogP contribution < -0.4 is 10.1 Å². The highest BCUT2D eigenvalue weighted by Gasteiger charge is 2.20. The number of amides is 1. The van der Waals surface area contributed by atoms with Gasteiger partial charge < -0.3 is 15.2 Å². The standard InChI is InChI=1S/C16H21F2NO4/c1-10(2)9-13(15(21)22)19-14(20)8-5-11-3-6-12(7-4-11)23-16(17)18/h3-4,6-7,10,13,16H,5,8-9H2,1-2H3,(H,19,20)(H,21,22). The zero-order valence-corrected chi connectivity index (χ0v) is 13.1. The number of rotatable bonds is 9. The summed E-state index contributed by atoms with van der Waals surface area (Å²) in [6.07, 6.45) is 0.868. The predicted molar refractivity (Wildman–Crippen MR) is 80.4 cm³/mol. The van der Waals surface area contributed by atoms with Gasteiger partial charge >= 0.3 is 12.6 Å². The first-order valence-electron chi connectivity index (χ1n) is 7.34. The van der Waals surface area contributed by atoms with Crippen LogP contribution in [-0.2, 0) is 16.0 Å². The van der Waals surface area contributed by atoms with Crippen LogP contribution in [0.3, 0.4) is 0 Å². The highest BCUT2D eigenvalue weighted by atomic mass is 19.3. The second-order valence-electron chi connectivity index (χ2n) is 5.61. The average molecular weight is 329 g/mol. The molecule has 0 radical (unpaired) electrons. The van der Waals surface area contributed by atoms with E-state index in [1.165, 1.54) is 12.1 Å². The van der Waals surface area contributed by atoms with E-state index in [1.807, 2.05) is 13.8 Å². The Bertz CT molecular complexity index is 517. The molecule has 1 aromatic rings. The minimum Gasteiger partial charge on any atom is -0.480 e. The molecule has 0 aliphatic rings. The molecule has 0 spiro atoms. The number of carbonyl (C=O) groups is 2. The number of alkyl halides is 2. The molecule has 1 atom stereocenters. The Balaban J connectivity index is 2.47. The first-order chi connectivity index (χ1) is 10.8. The van der Waals surface area contributed by atoms with Gasteiger partial charge in [0.1, 0.15) is 11.8 Å². The zero-order valence-electron chi connectivity index (χ0n) is 13.1. The normalized spacial score (nSPS) is 12.3. The summed E-state index contributed by atoms with van der Waals surface area (Å²) in [5.74, 6) is -1.21. The fraction of sp³-hybridized carbons (Fsp3) is 0.500. The van der Waals surface area contributed by atoms with Crippen LogP contribution in [0.1, 0.15) is 32.3 Å². The van der Waals surface area contributed by atoms with Crippen molar-refractivity contribution < 1.29 is 28.2 Å². The molecule has 0 aromatic heterocycles. The molecule has 0 saturated carbocycles. The van der Waals surface area contributed by atoms with Gasteiger partial charge in [-0.25, -0.2) is 4.79 Å². The molecule has 5 nitrogen and oxygen atoms in total. The molecule has 23 heavy (non-hydrogen) atoms. The van der Waals surface area contributed by atoms with Gasteiger partial charge in [-0.15, -0.1) is 0 Å². The third-order valence-corrected chi connectivity index (χ3v) is 3.13. The van der Waals surface area contributed by atoms with E-state index in [4.69, 9.17) is 5.11 Å². The number of aryl methyl sites for hydroxylation is 1. The van der Waals surface area contributed by atoms with Crippen LogP contribution in [0.5, 0.6) is 5.75 Å². The van der Waals surface area contributed by atoms with Gasteiger partial charge in [0.05, 0.1) is 0 Å². The molecule has 1 aromatic carbocycles. The Kier molecular flexibility index (Phi) is 7.44. The molecule has 1 rings (SSSR count). The summed E-state index contributed by atoms with van der Waals surface area (Å²) in [7, 11) is 0. The molecule has 0 aliphatic carbocycles. The van der Waals surface area contributed by atoms with E-state index in [1.54, 1.807) is 12.1 Å². The lowest BCUT2D eigenvalue weighted by Gasteiger charge is -2.16. The maximum atomic E-state index is 12.0. The van der Waals surface area contributed by atoms with E-state index < -0.39 is 18.6 Å². The number of benzene rings is 1. The summed E-state index contributed by atoms with van der Waals surface area (Å²) >= 11 is 0. The highest BCUT2D eigenvalue weighted by Crippen LogP contribution is 2.15. The molecular formula is C16H21F2NO4. The Morgan fingerprint density at radius 3 is 2.30 bits per heavy atom. The summed E-state index contributed by atoms with van der Waals surface area (Å²) in [6, 6.07) is 5.09. The number of carbonyl (C=O) groups excluding carboxylic acids is 1. The van der Waals surface area contributed by atoms with Crippen molar-refractivity contribution in [3.05, 3.63) is 29.8 Å².